The molecule has 1 amide bonds. The maximum Gasteiger partial charge on any atom is 0.228 e. The quantitative estimate of drug-likeness (QED) is 0.612. The summed E-state index contributed by atoms with van der Waals surface area (Å²) in [4.78, 5) is 11.5. The zero-order chi connectivity index (χ0) is 8.27. The number of nitrogens with zero attached hydrogens (tertiary/aromatic N) is 1. The number of hydrogen-bond acceptors (Lipinski definition) is 1. The lowest BCUT2D eigenvalue weighted by Gasteiger charge is -2.29. The van der Waals surface area contributed by atoms with E-state index < -0.39 is 0 Å². The first-order chi connectivity index (χ1) is 5.25. The molecule has 1 aliphatic rings. The van der Waals surface area contributed by atoms with Crippen LogP contribution < -0.4 is 0 Å². The van der Waals surface area contributed by atoms with Crippen LogP contribution in [0.15, 0.2) is 0 Å². The van der Waals surface area contributed by atoms with Crippen LogP contribution in [0.25, 0.3) is 0 Å². The van der Waals surface area contributed by atoms with Crippen molar-refractivity contribution in [3.63, 3.8) is 0 Å². The van der Waals surface area contributed by atoms with E-state index in [0.717, 1.165) is 29.7 Å². The lowest BCUT2D eigenvalue weighted by Crippen LogP contribution is -2.33. The van der Waals surface area contributed by atoms with Crippen LogP contribution in [-0.4, -0.2) is 23.8 Å². The molecule has 3 atom stereocenters. The Morgan fingerprint density at radius 1 is 1.64 bits per heavy atom. The molecular formula is C7H15NOP2. The summed E-state index contributed by atoms with van der Waals surface area (Å²) in [6, 6.07) is 0. The summed E-state index contributed by atoms with van der Waals surface area (Å²) in [5.74, 6) is 0.663. The van der Waals surface area contributed by atoms with Crippen molar-refractivity contribution in [1.82, 2.24) is 4.67 Å². The van der Waals surface area contributed by atoms with Crippen LogP contribution in [0.5, 0.6) is 0 Å². The van der Waals surface area contributed by atoms with Crippen molar-refractivity contribution in [2.24, 2.45) is 5.92 Å². The first kappa shape index (κ1) is 9.42. The zero-order valence-electron chi connectivity index (χ0n) is 7.05. The second-order valence-corrected chi connectivity index (χ2v) is 6.33. The highest BCUT2D eigenvalue weighted by Gasteiger charge is 2.23. The molecule has 0 N–H and O–H groups in total. The van der Waals surface area contributed by atoms with E-state index in [1.54, 1.807) is 0 Å². The first-order valence-electron chi connectivity index (χ1n) is 3.99. The molecule has 1 saturated heterocycles. The second-order valence-electron chi connectivity index (χ2n) is 2.89. The largest absolute Gasteiger partial charge is 0.321 e. The maximum atomic E-state index is 11.5. The van der Waals surface area contributed by atoms with E-state index in [4.69, 9.17) is 0 Å². The second kappa shape index (κ2) is 4.38. The Balaban J connectivity index is 2.44. The van der Waals surface area contributed by atoms with E-state index in [-0.39, 0.29) is 5.92 Å². The lowest BCUT2D eigenvalue weighted by atomic mass is 10.0. The van der Waals surface area contributed by atoms with Gasteiger partial charge >= 0.3 is 0 Å². The molecule has 0 aromatic carbocycles. The van der Waals surface area contributed by atoms with Crippen molar-refractivity contribution in [2.75, 3.05) is 13.2 Å². The summed E-state index contributed by atoms with van der Waals surface area (Å²) in [5, 5.41) is 0. The zero-order valence-corrected chi connectivity index (χ0v) is 9.05. The van der Waals surface area contributed by atoms with Crippen LogP contribution in [0.3, 0.4) is 0 Å². The van der Waals surface area contributed by atoms with Gasteiger partial charge in [-0.25, -0.2) is 0 Å². The first-order valence-corrected chi connectivity index (χ1v) is 7.44. The molecule has 11 heavy (non-hydrogen) atoms. The highest BCUT2D eigenvalue weighted by molar-refractivity contribution is 8.10. The third-order valence-electron chi connectivity index (χ3n) is 1.95. The van der Waals surface area contributed by atoms with Crippen LogP contribution >= 0.6 is 16.7 Å². The van der Waals surface area contributed by atoms with Gasteiger partial charge in [-0.2, -0.15) is 0 Å². The summed E-state index contributed by atoms with van der Waals surface area (Å²) < 4.78 is 2.03. The fourth-order valence-corrected chi connectivity index (χ4v) is 3.65. The number of hydrogen-bond donors (Lipinski definition) is 0. The molecule has 1 heterocycles. The van der Waals surface area contributed by atoms with Gasteiger partial charge in [-0.1, -0.05) is 15.2 Å². The predicted molar refractivity (Wildman–Crippen MR) is 52.7 cm³/mol. The normalized spacial score (nSPS) is 28.0. The molecule has 0 bridgehead atoms. The van der Waals surface area contributed by atoms with Gasteiger partial charge in [0.2, 0.25) is 5.91 Å². The molecule has 4 heteroatoms. The summed E-state index contributed by atoms with van der Waals surface area (Å²) in [7, 11) is 1.64. The van der Waals surface area contributed by atoms with Crippen molar-refractivity contribution in [2.45, 2.75) is 19.8 Å². The van der Waals surface area contributed by atoms with Crippen LogP contribution in [0.1, 0.15) is 19.8 Å². The van der Waals surface area contributed by atoms with Gasteiger partial charge in [-0.05, 0) is 19.5 Å². The molecule has 0 aliphatic carbocycles. The summed E-state index contributed by atoms with van der Waals surface area (Å²) in [6.07, 6.45) is 2.29. The lowest BCUT2D eigenvalue weighted by molar-refractivity contribution is -0.131. The van der Waals surface area contributed by atoms with Crippen molar-refractivity contribution >= 4 is 22.6 Å². The number of piperidine rings is 1. The smallest absolute Gasteiger partial charge is 0.228 e. The fourth-order valence-electron chi connectivity index (χ4n) is 1.30. The Morgan fingerprint density at radius 3 is 3.00 bits per heavy atom. The van der Waals surface area contributed by atoms with Crippen molar-refractivity contribution < 1.29 is 4.79 Å². The summed E-state index contributed by atoms with van der Waals surface area (Å²) >= 11 is 0. The SMILES string of the molecule is CPPN1CCCC(C)C1=O. The number of carbonyl (C=O) groups is 1. The topological polar surface area (TPSA) is 20.3 Å². The van der Waals surface area contributed by atoms with Gasteiger partial charge < -0.3 is 4.67 Å². The van der Waals surface area contributed by atoms with Crippen LogP contribution in [0.4, 0.5) is 0 Å². The van der Waals surface area contributed by atoms with Gasteiger partial charge in [-0.15, -0.1) is 0 Å². The Morgan fingerprint density at radius 2 is 2.36 bits per heavy atom. The Hall–Kier alpha value is 0.330. The predicted octanol–water partition coefficient (Wildman–Crippen LogP) is 2.06. The van der Waals surface area contributed by atoms with Crippen LogP contribution in [0.2, 0.25) is 0 Å². The minimum Gasteiger partial charge on any atom is -0.321 e. The van der Waals surface area contributed by atoms with Gasteiger partial charge in [0.05, 0.1) is 0 Å². The Bertz CT molecular complexity index is 149. The third kappa shape index (κ3) is 2.39. The van der Waals surface area contributed by atoms with E-state index in [2.05, 4.69) is 6.66 Å². The van der Waals surface area contributed by atoms with Crippen molar-refractivity contribution in [3.05, 3.63) is 0 Å². The monoisotopic (exact) mass is 191 g/mol. The standard InChI is InChI=1S/C7H15NOP2/c1-6-4-3-5-8(7(6)9)11-10-2/h6,10-11H,3-5H2,1-2H3. The molecule has 3 unspecified atom stereocenters. The highest BCUT2D eigenvalue weighted by Crippen LogP contribution is 2.40. The van der Waals surface area contributed by atoms with Gasteiger partial charge in [0.1, 0.15) is 0 Å². The molecule has 0 saturated carbocycles. The van der Waals surface area contributed by atoms with E-state index in [0.29, 0.717) is 5.91 Å². The van der Waals surface area contributed by atoms with E-state index in [9.17, 15) is 4.79 Å². The highest BCUT2D eigenvalue weighted by atomic mass is 32.0. The summed E-state index contributed by atoms with van der Waals surface area (Å²) in [5.41, 5.74) is 0. The molecule has 1 aliphatic heterocycles. The van der Waals surface area contributed by atoms with Crippen molar-refractivity contribution in [1.29, 1.82) is 0 Å². The molecule has 2 nitrogen and oxygen atoms in total. The Labute approximate surface area is 71.6 Å². The number of amides is 1. The molecule has 0 aromatic rings. The van der Waals surface area contributed by atoms with Crippen LogP contribution in [0, 0.1) is 5.92 Å². The number of carbonyl (C=O) groups excluding carboxylic acids is 1. The summed E-state index contributed by atoms with van der Waals surface area (Å²) in [6.45, 7) is 5.20. The minimum absolute atomic E-state index is 0.285. The van der Waals surface area contributed by atoms with E-state index >= 15 is 0 Å². The fraction of sp³-hybridized carbons (Fsp3) is 0.857. The maximum absolute atomic E-state index is 11.5. The Kier molecular flexibility index (Phi) is 3.75. The molecular weight excluding hydrogens is 176 g/mol. The average Bonchev–Trinajstić information content (AvgIpc) is 1.99. The van der Waals surface area contributed by atoms with E-state index in [1.165, 1.54) is 6.42 Å². The molecule has 0 aromatic heterocycles. The van der Waals surface area contributed by atoms with Gasteiger partial charge in [0, 0.05) is 20.9 Å². The molecule has 0 spiro atoms. The van der Waals surface area contributed by atoms with E-state index in [1.807, 2.05) is 11.6 Å². The molecule has 1 fully saturated rings. The minimum atomic E-state index is 0.285. The molecule has 64 valence electrons. The third-order valence-corrected chi connectivity index (χ3v) is 4.37. The molecule has 0 radical (unpaired) electrons. The van der Waals surface area contributed by atoms with Gasteiger partial charge in [0.15, 0.2) is 0 Å². The van der Waals surface area contributed by atoms with Gasteiger partial charge in [0.25, 0.3) is 0 Å². The number of rotatable bonds is 2. The van der Waals surface area contributed by atoms with Crippen LogP contribution in [-0.2, 0) is 4.79 Å². The van der Waals surface area contributed by atoms with Gasteiger partial charge in [-0.3, -0.25) is 4.79 Å². The molecule has 1 rings (SSSR count). The average molecular weight is 191 g/mol. The van der Waals surface area contributed by atoms with Crippen molar-refractivity contribution in [3.8, 4) is 0 Å².